The Morgan fingerprint density at radius 2 is 1.76 bits per heavy atom. The van der Waals surface area contributed by atoms with E-state index in [0.29, 0.717) is 41.2 Å². The van der Waals surface area contributed by atoms with Crippen LogP contribution in [0.25, 0.3) is 5.76 Å². The summed E-state index contributed by atoms with van der Waals surface area (Å²) in [5.74, 6) is -1.71. The fraction of sp³-hybridized carbons (Fsp3) is 0.535. The molecule has 3 aromatic rings. The van der Waals surface area contributed by atoms with Gasteiger partial charge in [-0.3, -0.25) is 19.3 Å². The first-order chi connectivity index (χ1) is 26.0. The van der Waals surface area contributed by atoms with Gasteiger partial charge in [-0.05, 0) is 87.0 Å². The molecule has 55 heavy (non-hydrogen) atoms. The molecule has 0 aliphatic heterocycles. The highest BCUT2D eigenvalue weighted by Crippen LogP contribution is 2.59. The van der Waals surface area contributed by atoms with E-state index in [9.17, 15) is 9.90 Å². The second kappa shape index (κ2) is 14.3. The first kappa shape index (κ1) is 39.0. The molecule has 4 atom stereocenters. The van der Waals surface area contributed by atoms with Crippen LogP contribution in [0.5, 0.6) is 11.6 Å². The number of Topliss-reactive ketones (excluding diaryl/α,β-unsaturated/α-hetero) is 2. The lowest BCUT2D eigenvalue weighted by Gasteiger charge is -2.55. The summed E-state index contributed by atoms with van der Waals surface area (Å²) in [7, 11) is 2.47. The highest BCUT2D eigenvalue weighted by atomic mass is 28.4. The van der Waals surface area contributed by atoms with Crippen LogP contribution in [-0.2, 0) is 27.0 Å². The van der Waals surface area contributed by atoms with Gasteiger partial charge in [0.25, 0.3) is 5.88 Å². The van der Waals surface area contributed by atoms with Crippen molar-refractivity contribution in [2.24, 2.45) is 17.8 Å². The molecule has 12 heteroatoms. The van der Waals surface area contributed by atoms with E-state index in [1.54, 1.807) is 7.11 Å². The molecule has 11 nitrogen and oxygen atoms in total. The molecule has 0 bridgehead atoms. The molecule has 0 saturated heterocycles. The number of aliphatic hydroxyl groups is 1. The van der Waals surface area contributed by atoms with E-state index in [0.717, 1.165) is 43.2 Å². The lowest BCUT2D eigenvalue weighted by atomic mass is 9.57. The maximum absolute atomic E-state index is 15.7. The Balaban J connectivity index is 1.39. The monoisotopic (exact) mass is 769 g/mol. The van der Waals surface area contributed by atoms with Gasteiger partial charge in [-0.2, -0.15) is 0 Å². The van der Waals surface area contributed by atoms with E-state index in [1.807, 2.05) is 75.4 Å². The Morgan fingerprint density at radius 1 is 1.07 bits per heavy atom. The standard InChI is InChI=1S/C43H55N3O8Si/c1-24-30(44-40(50)26-18-14-11-15-19-26)22-31(51-7)28-20-27-21-29-35(46(5)6)37-34(41(45-53-37)52-23-25-16-12-10-13-17-25)39(49)43(29,54-55(8,9)42(2,3)4)38(48)33(27)36(47)32(24)28/h10,12-13,16-17,22,26-27,29,35,47H,11,14-15,18-21,23H2,1-9H3,(H,44,50)/t27-,29-,35-,43-/m0/s1. The number of nitrogens with one attached hydrogen (secondary N) is 1. The van der Waals surface area contributed by atoms with Crippen LogP contribution in [0.15, 0.2) is 46.5 Å². The highest BCUT2D eigenvalue weighted by Gasteiger charge is 2.69. The fourth-order valence-corrected chi connectivity index (χ4v) is 10.5. The van der Waals surface area contributed by atoms with Gasteiger partial charge in [0, 0.05) is 40.3 Å². The van der Waals surface area contributed by atoms with Gasteiger partial charge in [-0.15, -0.1) is 0 Å². The van der Waals surface area contributed by atoms with Gasteiger partial charge in [0.1, 0.15) is 23.7 Å². The second-order valence-corrected chi connectivity index (χ2v) is 22.3. The van der Waals surface area contributed by atoms with Crippen molar-refractivity contribution in [3.8, 4) is 11.6 Å². The molecule has 0 spiro atoms. The summed E-state index contributed by atoms with van der Waals surface area (Å²) < 4.78 is 25.3. The first-order valence-corrected chi connectivity index (χ1v) is 22.5. The normalized spacial score (nSPS) is 24.2. The molecule has 1 aromatic heterocycles. The zero-order chi connectivity index (χ0) is 39.6. The highest BCUT2D eigenvalue weighted by molar-refractivity contribution is 6.74. The van der Waals surface area contributed by atoms with E-state index >= 15 is 9.59 Å². The molecule has 7 rings (SSSR count). The van der Waals surface area contributed by atoms with Crippen molar-refractivity contribution in [1.82, 2.24) is 10.1 Å². The average molecular weight is 770 g/mol. The zero-order valence-electron chi connectivity index (χ0n) is 33.6. The number of methoxy groups -OCH3 is 1. The molecule has 1 heterocycles. The van der Waals surface area contributed by atoms with Crippen molar-refractivity contribution in [2.75, 3.05) is 26.5 Å². The molecule has 1 amide bonds. The second-order valence-electron chi connectivity index (χ2n) is 17.6. The van der Waals surface area contributed by atoms with E-state index in [-0.39, 0.29) is 46.2 Å². The molecule has 4 aliphatic carbocycles. The fourth-order valence-electron chi connectivity index (χ4n) is 9.09. The third-order valence-corrected chi connectivity index (χ3v) is 17.4. The molecule has 0 radical (unpaired) electrons. The van der Waals surface area contributed by atoms with Gasteiger partial charge in [-0.1, -0.05) is 70.4 Å². The van der Waals surface area contributed by atoms with Crippen LogP contribution >= 0.6 is 0 Å². The average Bonchev–Trinajstić information content (AvgIpc) is 3.56. The predicted octanol–water partition coefficient (Wildman–Crippen LogP) is 8.38. The number of benzene rings is 2. The number of aromatic nitrogens is 1. The molecule has 2 aromatic carbocycles. The molecule has 4 aliphatic rings. The molecule has 2 fully saturated rings. The van der Waals surface area contributed by atoms with Crippen LogP contribution in [0.1, 0.15) is 104 Å². The minimum atomic E-state index is -2.89. The van der Waals surface area contributed by atoms with Crippen LogP contribution in [0.4, 0.5) is 5.69 Å². The number of fused-ring (bicyclic) bond motifs is 4. The Hall–Kier alpha value is -4.26. The number of carbonyl (C=O) groups is 3. The van der Waals surface area contributed by atoms with Gasteiger partial charge >= 0.3 is 0 Å². The minimum absolute atomic E-state index is 0.00778. The quantitative estimate of drug-likeness (QED) is 0.161. The molecular formula is C43H55N3O8Si. The number of nitrogens with zero attached hydrogens (tertiary/aromatic N) is 2. The number of aliphatic hydroxyl groups excluding tert-OH is 1. The van der Waals surface area contributed by atoms with Crippen LogP contribution in [0, 0.1) is 24.7 Å². The summed E-state index contributed by atoms with van der Waals surface area (Å²) in [5.41, 5.74) is 1.52. The van der Waals surface area contributed by atoms with Crippen LogP contribution in [0.2, 0.25) is 18.1 Å². The number of rotatable bonds is 9. The lowest BCUT2D eigenvalue weighted by molar-refractivity contribution is -0.140. The maximum atomic E-state index is 15.7. The number of anilines is 1. The van der Waals surface area contributed by atoms with Crippen molar-refractivity contribution >= 4 is 37.2 Å². The number of amides is 1. The molecule has 2 N–H and O–H groups in total. The molecular weight excluding hydrogens is 715 g/mol. The lowest BCUT2D eigenvalue weighted by Crippen LogP contribution is -2.68. The summed E-state index contributed by atoms with van der Waals surface area (Å²) >= 11 is 0. The zero-order valence-corrected chi connectivity index (χ0v) is 34.6. The first-order valence-electron chi connectivity index (χ1n) is 19.6. The minimum Gasteiger partial charge on any atom is -0.507 e. The number of ketones is 2. The molecule has 294 valence electrons. The topological polar surface area (TPSA) is 140 Å². The van der Waals surface area contributed by atoms with Gasteiger partial charge in [-0.25, -0.2) is 0 Å². The van der Waals surface area contributed by atoms with Crippen LogP contribution in [0.3, 0.4) is 0 Å². The Bertz CT molecular complexity index is 2040. The Labute approximate surface area is 324 Å². The number of hydrogen-bond acceptors (Lipinski definition) is 10. The van der Waals surface area contributed by atoms with Crippen molar-refractivity contribution in [1.29, 1.82) is 0 Å². The number of ether oxygens (including phenoxy) is 2. The summed E-state index contributed by atoms with van der Waals surface area (Å²) in [5, 5.41) is 19.5. The third-order valence-electron chi connectivity index (χ3n) is 13.0. The van der Waals surface area contributed by atoms with Gasteiger partial charge in [0.2, 0.25) is 17.5 Å². The summed E-state index contributed by atoms with van der Waals surface area (Å²) in [4.78, 5) is 46.6. The van der Waals surface area contributed by atoms with Crippen molar-refractivity contribution in [3.63, 3.8) is 0 Å². The largest absolute Gasteiger partial charge is 0.507 e. The van der Waals surface area contributed by atoms with Gasteiger partial charge < -0.3 is 28.8 Å². The van der Waals surface area contributed by atoms with Crippen molar-refractivity contribution in [2.45, 2.75) is 109 Å². The van der Waals surface area contributed by atoms with Gasteiger partial charge in [0.05, 0.1) is 13.2 Å². The smallest absolute Gasteiger partial charge is 0.265 e. The molecule has 2 saturated carbocycles. The number of hydrogen-bond donors (Lipinski definition) is 2. The predicted molar refractivity (Wildman–Crippen MR) is 212 cm³/mol. The van der Waals surface area contributed by atoms with E-state index < -0.39 is 43.4 Å². The Morgan fingerprint density at radius 3 is 2.40 bits per heavy atom. The summed E-state index contributed by atoms with van der Waals surface area (Å²) in [6.07, 6.45) is 5.57. The van der Waals surface area contributed by atoms with E-state index in [2.05, 4.69) is 31.2 Å². The van der Waals surface area contributed by atoms with Crippen molar-refractivity contribution in [3.05, 3.63) is 75.5 Å². The summed E-state index contributed by atoms with van der Waals surface area (Å²) in [6, 6.07) is 10.8. The van der Waals surface area contributed by atoms with Crippen molar-refractivity contribution < 1.29 is 37.9 Å². The summed E-state index contributed by atoms with van der Waals surface area (Å²) in [6.45, 7) is 12.3. The van der Waals surface area contributed by atoms with Crippen LogP contribution in [-0.4, -0.2) is 67.8 Å². The molecule has 0 unspecified atom stereocenters. The maximum Gasteiger partial charge on any atom is 0.265 e. The number of carbonyl (C=O) groups excluding carboxylic acids is 3. The SMILES string of the molecule is COc1cc(NC(=O)C2CCCCC2)c(C)c2c1C[C@H]1C[C@H]3[C@H](N(C)C)c4onc(OCc5ccccc5)c4C(=O)[C@@]3(O[Si](C)(C)C(C)(C)C)C(=O)C1=C2O. The van der Waals surface area contributed by atoms with E-state index in [1.165, 1.54) is 0 Å². The third kappa shape index (κ3) is 6.43. The van der Waals surface area contributed by atoms with Crippen LogP contribution < -0.4 is 14.8 Å². The van der Waals surface area contributed by atoms with E-state index in [4.69, 9.17) is 18.4 Å². The Kier molecular flexibility index (Phi) is 10.2. The van der Waals surface area contributed by atoms with Gasteiger partial charge in [0.15, 0.2) is 19.7 Å².